The molecule has 1 aliphatic rings. The highest BCUT2D eigenvalue weighted by Crippen LogP contribution is 2.02. The lowest BCUT2D eigenvalue weighted by molar-refractivity contribution is 0.294. The van der Waals surface area contributed by atoms with Crippen molar-refractivity contribution in [1.82, 2.24) is 15.2 Å². The second-order valence-corrected chi connectivity index (χ2v) is 6.84. The molecule has 1 aromatic rings. The Kier molecular flexibility index (Phi) is 4.68. The summed E-state index contributed by atoms with van der Waals surface area (Å²) in [7, 11) is -2.76. The van der Waals surface area contributed by atoms with E-state index in [1.54, 1.807) is 6.20 Å². The average Bonchev–Trinajstić information content (AvgIpc) is 2.37. The zero-order valence-electron chi connectivity index (χ0n) is 10.4. The average molecular weight is 269 g/mol. The molecule has 0 amide bonds. The van der Waals surface area contributed by atoms with Crippen LogP contribution in [0.1, 0.15) is 5.56 Å². The Morgan fingerprint density at radius 2 is 2.11 bits per heavy atom. The zero-order valence-corrected chi connectivity index (χ0v) is 11.2. The lowest BCUT2D eigenvalue weighted by Crippen LogP contribution is -2.43. The Morgan fingerprint density at radius 1 is 1.33 bits per heavy atom. The zero-order chi connectivity index (χ0) is 12.8. The predicted molar refractivity (Wildman–Crippen MR) is 71.0 cm³/mol. The summed E-state index contributed by atoms with van der Waals surface area (Å²) < 4.78 is 22.5. The third-order valence-electron chi connectivity index (χ3n) is 3.09. The molecule has 1 N–H and O–H groups in total. The molecule has 0 unspecified atom stereocenters. The molecule has 6 heteroatoms. The van der Waals surface area contributed by atoms with Crippen molar-refractivity contribution < 1.29 is 8.42 Å². The second kappa shape index (κ2) is 6.26. The van der Waals surface area contributed by atoms with Crippen LogP contribution in [0.25, 0.3) is 0 Å². The van der Waals surface area contributed by atoms with E-state index in [4.69, 9.17) is 0 Å². The summed E-state index contributed by atoms with van der Waals surface area (Å²) in [5.41, 5.74) is 1.17. The molecular formula is C12H19N3O2S. The molecule has 5 nitrogen and oxygen atoms in total. The molecule has 0 radical (unpaired) electrons. The smallest absolute Gasteiger partial charge is 0.152 e. The quantitative estimate of drug-likeness (QED) is 0.757. The van der Waals surface area contributed by atoms with E-state index in [0.717, 1.165) is 19.6 Å². The van der Waals surface area contributed by atoms with Gasteiger partial charge in [0.15, 0.2) is 9.84 Å². The van der Waals surface area contributed by atoms with Crippen molar-refractivity contribution in [3.8, 4) is 0 Å². The summed E-state index contributed by atoms with van der Waals surface area (Å²) in [5.74, 6) is 0.602. The van der Waals surface area contributed by atoms with E-state index in [-0.39, 0.29) is 0 Å². The number of rotatable bonds is 5. The molecule has 2 rings (SSSR count). The molecule has 0 aliphatic carbocycles. The topological polar surface area (TPSA) is 62.3 Å². The number of hydrogen-bond acceptors (Lipinski definition) is 5. The van der Waals surface area contributed by atoms with Gasteiger partial charge in [0.25, 0.3) is 0 Å². The van der Waals surface area contributed by atoms with Gasteiger partial charge in [0.05, 0.1) is 11.5 Å². The maximum Gasteiger partial charge on any atom is 0.152 e. The van der Waals surface area contributed by atoms with E-state index in [1.165, 1.54) is 5.56 Å². The summed E-state index contributed by atoms with van der Waals surface area (Å²) in [6, 6.07) is 3.96. The van der Waals surface area contributed by atoms with Crippen LogP contribution in [0.2, 0.25) is 0 Å². The van der Waals surface area contributed by atoms with Crippen molar-refractivity contribution in [2.24, 2.45) is 0 Å². The van der Waals surface area contributed by atoms with Crippen LogP contribution in [0.3, 0.4) is 0 Å². The van der Waals surface area contributed by atoms with Gasteiger partial charge in [-0.1, -0.05) is 6.07 Å². The normalized spacial score (nSPS) is 19.8. The van der Waals surface area contributed by atoms with Crippen LogP contribution in [0.15, 0.2) is 24.5 Å². The van der Waals surface area contributed by atoms with Gasteiger partial charge in [-0.2, -0.15) is 0 Å². The Labute approximate surface area is 108 Å². The first kappa shape index (κ1) is 13.5. The van der Waals surface area contributed by atoms with Gasteiger partial charge in [-0.05, 0) is 11.6 Å². The Bertz CT molecular complexity index is 447. The van der Waals surface area contributed by atoms with E-state index in [0.29, 0.717) is 24.6 Å². The van der Waals surface area contributed by atoms with E-state index in [1.807, 2.05) is 18.3 Å². The molecule has 0 bridgehead atoms. The fraction of sp³-hybridized carbons (Fsp3) is 0.583. The highest BCUT2D eigenvalue weighted by Gasteiger charge is 2.20. The van der Waals surface area contributed by atoms with E-state index >= 15 is 0 Å². The van der Waals surface area contributed by atoms with Crippen molar-refractivity contribution in [3.05, 3.63) is 30.1 Å². The van der Waals surface area contributed by atoms with Crippen molar-refractivity contribution in [2.75, 3.05) is 37.7 Å². The number of pyridine rings is 1. The minimum Gasteiger partial charge on any atom is -0.311 e. The van der Waals surface area contributed by atoms with Gasteiger partial charge in [0, 0.05) is 45.1 Å². The molecule has 1 aliphatic heterocycles. The van der Waals surface area contributed by atoms with Crippen LogP contribution in [-0.4, -0.2) is 56.0 Å². The number of sulfone groups is 1. The molecular weight excluding hydrogens is 250 g/mol. The second-order valence-electron chi connectivity index (χ2n) is 4.53. The maximum absolute atomic E-state index is 11.3. The summed E-state index contributed by atoms with van der Waals surface area (Å²) in [6.45, 7) is 3.90. The first-order chi connectivity index (χ1) is 8.66. The third kappa shape index (κ3) is 4.36. The summed E-state index contributed by atoms with van der Waals surface area (Å²) in [5, 5.41) is 3.34. The minimum absolute atomic E-state index is 0.301. The van der Waals surface area contributed by atoms with Crippen molar-refractivity contribution >= 4 is 9.84 Å². The van der Waals surface area contributed by atoms with E-state index in [2.05, 4.69) is 15.2 Å². The maximum atomic E-state index is 11.3. The van der Waals surface area contributed by atoms with Gasteiger partial charge >= 0.3 is 0 Å². The fourth-order valence-electron chi connectivity index (χ4n) is 1.95. The third-order valence-corrected chi connectivity index (χ3v) is 4.70. The Balaban J connectivity index is 1.62. The molecule has 0 spiro atoms. The van der Waals surface area contributed by atoms with Crippen LogP contribution >= 0.6 is 0 Å². The molecule has 0 atom stereocenters. The van der Waals surface area contributed by atoms with Gasteiger partial charge in [-0.25, -0.2) is 8.42 Å². The van der Waals surface area contributed by atoms with E-state index in [9.17, 15) is 8.42 Å². The number of nitrogens with one attached hydrogen (secondary N) is 1. The van der Waals surface area contributed by atoms with Crippen LogP contribution in [0, 0.1) is 0 Å². The van der Waals surface area contributed by atoms with Gasteiger partial charge in [0.2, 0.25) is 0 Å². The van der Waals surface area contributed by atoms with Crippen LogP contribution in [0.4, 0.5) is 0 Å². The van der Waals surface area contributed by atoms with E-state index < -0.39 is 9.84 Å². The molecule has 100 valence electrons. The SMILES string of the molecule is O=S1(=O)CCN(CCNCc2cccnc2)CC1. The van der Waals surface area contributed by atoms with Crippen molar-refractivity contribution in [3.63, 3.8) is 0 Å². The Hall–Kier alpha value is -0.980. The molecule has 0 saturated carbocycles. The van der Waals surface area contributed by atoms with Crippen molar-refractivity contribution in [2.45, 2.75) is 6.54 Å². The Morgan fingerprint density at radius 3 is 2.78 bits per heavy atom. The molecule has 1 saturated heterocycles. The number of hydrogen-bond donors (Lipinski definition) is 1. The van der Waals surface area contributed by atoms with Crippen LogP contribution in [-0.2, 0) is 16.4 Å². The summed E-state index contributed by atoms with van der Waals surface area (Å²) >= 11 is 0. The monoisotopic (exact) mass is 269 g/mol. The summed E-state index contributed by atoms with van der Waals surface area (Å²) in [6.07, 6.45) is 3.61. The standard InChI is InChI=1S/C12H19N3O2S/c16-18(17)8-6-15(7-9-18)5-4-14-11-12-2-1-3-13-10-12/h1-3,10,14H,4-9,11H2. The lowest BCUT2D eigenvalue weighted by atomic mass is 10.3. The number of aromatic nitrogens is 1. The van der Waals surface area contributed by atoms with Crippen LogP contribution < -0.4 is 5.32 Å². The van der Waals surface area contributed by atoms with Gasteiger partial charge in [0.1, 0.15) is 0 Å². The minimum atomic E-state index is -2.76. The van der Waals surface area contributed by atoms with Gasteiger partial charge in [-0.3, -0.25) is 4.98 Å². The lowest BCUT2D eigenvalue weighted by Gasteiger charge is -2.26. The molecule has 18 heavy (non-hydrogen) atoms. The van der Waals surface area contributed by atoms with Gasteiger partial charge in [-0.15, -0.1) is 0 Å². The predicted octanol–water partition coefficient (Wildman–Crippen LogP) is -0.0984. The fourth-order valence-corrected chi connectivity index (χ4v) is 3.22. The van der Waals surface area contributed by atoms with Gasteiger partial charge < -0.3 is 10.2 Å². The highest BCUT2D eigenvalue weighted by atomic mass is 32.2. The first-order valence-corrected chi connectivity index (χ1v) is 8.00. The number of nitrogens with zero attached hydrogens (tertiary/aromatic N) is 2. The first-order valence-electron chi connectivity index (χ1n) is 6.18. The largest absolute Gasteiger partial charge is 0.311 e. The van der Waals surface area contributed by atoms with Crippen molar-refractivity contribution in [1.29, 1.82) is 0 Å². The highest BCUT2D eigenvalue weighted by molar-refractivity contribution is 7.91. The molecule has 2 heterocycles. The van der Waals surface area contributed by atoms with Crippen LogP contribution in [0.5, 0.6) is 0 Å². The molecule has 1 fully saturated rings. The summed E-state index contributed by atoms with van der Waals surface area (Å²) in [4.78, 5) is 6.24. The molecule has 1 aromatic heterocycles. The molecule has 0 aromatic carbocycles.